The molecule has 4 heteroatoms. The van der Waals surface area contributed by atoms with E-state index in [0.29, 0.717) is 6.61 Å². The van der Waals surface area contributed by atoms with Crippen LogP contribution in [-0.4, -0.2) is 28.6 Å². The standard InChI is InChI=1S/C31H35NO3/c1-21-18-25(19-32-17-7-6-16-29(32)31(33)34)27-14-9-15-28(27)30(21)35-20-24-12-8-13-26(22(24)2)23-10-4-3-5-11-23/h3-5,8,10-13,18,29H,6-7,9,14-17,19-20H2,1-2H3,(H,33,34). The highest BCUT2D eigenvalue weighted by molar-refractivity contribution is 5.73. The lowest BCUT2D eigenvalue weighted by Gasteiger charge is -2.33. The molecule has 0 saturated carbocycles. The van der Waals surface area contributed by atoms with Gasteiger partial charge in [0, 0.05) is 6.54 Å². The highest BCUT2D eigenvalue weighted by Gasteiger charge is 2.30. The van der Waals surface area contributed by atoms with E-state index in [1.165, 1.54) is 38.9 Å². The van der Waals surface area contributed by atoms with Crippen LogP contribution in [0.15, 0.2) is 54.6 Å². The average molecular weight is 470 g/mol. The molecular weight excluding hydrogens is 434 g/mol. The Morgan fingerprint density at radius 3 is 2.57 bits per heavy atom. The number of nitrogens with zero attached hydrogens (tertiary/aromatic N) is 1. The van der Waals surface area contributed by atoms with Gasteiger partial charge in [0.25, 0.3) is 0 Å². The third kappa shape index (κ3) is 4.85. The van der Waals surface area contributed by atoms with Crippen LogP contribution in [0.3, 0.4) is 0 Å². The molecule has 1 saturated heterocycles. The minimum Gasteiger partial charge on any atom is -0.488 e. The van der Waals surface area contributed by atoms with Crippen LogP contribution in [0.4, 0.5) is 0 Å². The van der Waals surface area contributed by atoms with Crippen LogP contribution in [0.5, 0.6) is 5.75 Å². The van der Waals surface area contributed by atoms with E-state index in [1.807, 2.05) is 6.07 Å². The van der Waals surface area contributed by atoms with E-state index < -0.39 is 5.97 Å². The second-order valence-electron chi connectivity index (χ2n) is 10.1. The van der Waals surface area contributed by atoms with Gasteiger partial charge in [-0.05, 0) is 97.0 Å². The molecule has 1 atom stereocenters. The Kier molecular flexibility index (Phi) is 6.92. The molecule has 4 nitrogen and oxygen atoms in total. The summed E-state index contributed by atoms with van der Waals surface area (Å²) in [5, 5.41) is 9.71. The molecule has 3 aromatic rings. The molecule has 1 fully saturated rings. The monoisotopic (exact) mass is 469 g/mol. The summed E-state index contributed by atoms with van der Waals surface area (Å²) in [5.41, 5.74) is 10.1. The van der Waals surface area contributed by atoms with Gasteiger partial charge >= 0.3 is 5.97 Å². The van der Waals surface area contributed by atoms with Crippen molar-refractivity contribution in [2.24, 2.45) is 0 Å². The fourth-order valence-corrected chi connectivity index (χ4v) is 5.94. The maximum absolute atomic E-state index is 11.8. The molecule has 0 spiro atoms. The summed E-state index contributed by atoms with van der Waals surface area (Å²) in [6.07, 6.45) is 6.04. The second kappa shape index (κ2) is 10.2. The number of hydrogen-bond donors (Lipinski definition) is 1. The molecule has 0 bridgehead atoms. The zero-order chi connectivity index (χ0) is 24.4. The Morgan fingerprint density at radius 2 is 1.77 bits per heavy atom. The Labute approximate surface area is 208 Å². The quantitative estimate of drug-likeness (QED) is 0.430. The molecule has 182 valence electrons. The van der Waals surface area contributed by atoms with E-state index >= 15 is 0 Å². The molecule has 1 heterocycles. The van der Waals surface area contributed by atoms with Gasteiger partial charge in [-0.1, -0.05) is 61.0 Å². The maximum Gasteiger partial charge on any atom is 0.320 e. The number of hydrogen-bond acceptors (Lipinski definition) is 3. The topological polar surface area (TPSA) is 49.8 Å². The fraction of sp³-hybridized carbons (Fsp3) is 0.387. The molecule has 1 aliphatic carbocycles. The number of likely N-dealkylation sites (tertiary alicyclic amines) is 1. The number of fused-ring (bicyclic) bond motifs is 1. The minimum absolute atomic E-state index is 0.364. The molecule has 1 unspecified atom stereocenters. The number of carboxylic acid groups (broad SMARTS) is 1. The number of ether oxygens (including phenoxy) is 1. The maximum atomic E-state index is 11.8. The second-order valence-corrected chi connectivity index (χ2v) is 10.1. The normalized spacial score (nSPS) is 17.8. The van der Waals surface area contributed by atoms with Crippen molar-refractivity contribution in [1.82, 2.24) is 4.90 Å². The van der Waals surface area contributed by atoms with Crippen LogP contribution in [-0.2, 0) is 30.8 Å². The highest BCUT2D eigenvalue weighted by Crippen LogP contribution is 2.38. The SMILES string of the molecule is Cc1cc(CN2CCCCC2C(=O)O)c2c(c1OCc1cccc(-c3ccccc3)c1C)CCC2. The number of carboxylic acids is 1. The molecule has 3 aromatic carbocycles. The van der Waals surface area contributed by atoms with Crippen LogP contribution in [0.1, 0.15) is 59.1 Å². The van der Waals surface area contributed by atoms with Crippen molar-refractivity contribution >= 4 is 5.97 Å². The van der Waals surface area contributed by atoms with Gasteiger partial charge in [-0.15, -0.1) is 0 Å². The van der Waals surface area contributed by atoms with Crippen molar-refractivity contribution in [3.63, 3.8) is 0 Å². The Bertz CT molecular complexity index is 1220. The van der Waals surface area contributed by atoms with Crippen LogP contribution < -0.4 is 4.74 Å². The van der Waals surface area contributed by atoms with Gasteiger partial charge in [-0.25, -0.2) is 0 Å². The summed E-state index contributed by atoms with van der Waals surface area (Å²) < 4.78 is 6.53. The molecule has 35 heavy (non-hydrogen) atoms. The molecule has 0 aromatic heterocycles. The van der Waals surface area contributed by atoms with E-state index in [4.69, 9.17) is 4.74 Å². The Balaban J connectivity index is 1.39. The fourth-order valence-electron chi connectivity index (χ4n) is 5.94. The molecule has 0 radical (unpaired) electrons. The van der Waals surface area contributed by atoms with Gasteiger partial charge in [0.2, 0.25) is 0 Å². The number of aliphatic carboxylic acids is 1. The van der Waals surface area contributed by atoms with Crippen LogP contribution in [0.2, 0.25) is 0 Å². The Hall–Kier alpha value is -3.11. The largest absolute Gasteiger partial charge is 0.488 e. The van der Waals surface area contributed by atoms with Gasteiger partial charge < -0.3 is 9.84 Å². The molecule has 5 rings (SSSR count). The lowest BCUT2D eigenvalue weighted by Crippen LogP contribution is -2.44. The van der Waals surface area contributed by atoms with Crippen LogP contribution in [0.25, 0.3) is 11.1 Å². The number of benzene rings is 3. The summed E-state index contributed by atoms with van der Waals surface area (Å²) in [5.74, 6) is 0.338. The third-order valence-electron chi connectivity index (χ3n) is 7.80. The first-order chi connectivity index (χ1) is 17.0. The first-order valence-electron chi connectivity index (χ1n) is 12.9. The van der Waals surface area contributed by atoms with Gasteiger partial charge in [0.15, 0.2) is 0 Å². The first-order valence-corrected chi connectivity index (χ1v) is 12.9. The summed E-state index contributed by atoms with van der Waals surface area (Å²) in [7, 11) is 0. The number of piperidine rings is 1. The predicted molar refractivity (Wildman–Crippen MR) is 140 cm³/mol. The average Bonchev–Trinajstić information content (AvgIpc) is 3.35. The predicted octanol–water partition coefficient (Wildman–Crippen LogP) is 6.48. The summed E-state index contributed by atoms with van der Waals surface area (Å²) >= 11 is 0. The van der Waals surface area contributed by atoms with Crippen molar-refractivity contribution in [2.45, 2.75) is 71.6 Å². The molecule has 1 aliphatic heterocycles. The zero-order valence-electron chi connectivity index (χ0n) is 20.8. The first kappa shape index (κ1) is 23.6. The Morgan fingerprint density at radius 1 is 0.971 bits per heavy atom. The van der Waals surface area contributed by atoms with Crippen molar-refractivity contribution in [1.29, 1.82) is 0 Å². The number of rotatable bonds is 7. The lowest BCUT2D eigenvalue weighted by molar-refractivity contribution is -0.144. The van der Waals surface area contributed by atoms with Crippen LogP contribution in [0, 0.1) is 13.8 Å². The number of carbonyl (C=O) groups is 1. The van der Waals surface area contributed by atoms with Crippen molar-refractivity contribution in [3.05, 3.63) is 88.0 Å². The van der Waals surface area contributed by atoms with Gasteiger partial charge in [0.1, 0.15) is 18.4 Å². The van der Waals surface area contributed by atoms with Gasteiger partial charge in [-0.3, -0.25) is 9.69 Å². The van der Waals surface area contributed by atoms with Gasteiger partial charge in [-0.2, -0.15) is 0 Å². The van der Waals surface area contributed by atoms with E-state index in [0.717, 1.165) is 62.9 Å². The summed E-state index contributed by atoms with van der Waals surface area (Å²) in [6.45, 7) is 6.44. The van der Waals surface area contributed by atoms with Crippen LogP contribution >= 0.6 is 0 Å². The number of aryl methyl sites for hydroxylation is 1. The van der Waals surface area contributed by atoms with Gasteiger partial charge in [0.05, 0.1) is 0 Å². The van der Waals surface area contributed by atoms with E-state index in [-0.39, 0.29) is 6.04 Å². The minimum atomic E-state index is -0.689. The molecule has 1 N–H and O–H groups in total. The highest BCUT2D eigenvalue weighted by atomic mass is 16.5. The summed E-state index contributed by atoms with van der Waals surface area (Å²) in [6, 6.07) is 18.9. The third-order valence-corrected chi connectivity index (χ3v) is 7.80. The smallest absolute Gasteiger partial charge is 0.320 e. The summed E-state index contributed by atoms with van der Waals surface area (Å²) in [4.78, 5) is 14.0. The lowest BCUT2D eigenvalue weighted by atomic mass is 9.95. The van der Waals surface area contributed by atoms with E-state index in [2.05, 4.69) is 67.3 Å². The molecule has 0 amide bonds. The van der Waals surface area contributed by atoms with E-state index in [9.17, 15) is 9.90 Å². The van der Waals surface area contributed by atoms with Crippen molar-refractivity contribution < 1.29 is 14.6 Å². The molecular formula is C31H35NO3. The van der Waals surface area contributed by atoms with E-state index in [1.54, 1.807) is 0 Å². The van der Waals surface area contributed by atoms with Crippen molar-refractivity contribution in [3.8, 4) is 16.9 Å². The molecule has 2 aliphatic rings. The van der Waals surface area contributed by atoms with Crippen molar-refractivity contribution in [2.75, 3.05) is 6.54 Å². The zero-order valence-corrected chi connectivity index (χ0v) is 20.8.